The summed E-state index contributed by atoms with van der Waals surface area (Å²) in [5.74, 6) is 0.546. The topological polar surface area (TPSA) is 38.3 Å². The molecule has 3 nitrogen and oxygen atoms in total. The first-order chi connectivity index (χ1) is 11.1. The Morgan fingerprint density at radius 2 is 2.00 bits per heavy atom. The first kappa shape index (κ1) is 16.2. The maximum atomic E-state index is 11.8. The molecule has 6 heteroatoms. The average Bonchev–Trinajstić information content (AvgIpc) is 2.85. The van der Waals surface area contributed by atoms with E-state index in [1.54, 1.807) is 6.08 Å². The fourth-order valence-corrected chi connectivity index (χ4v) is 3.48. The van der Waals surface area contributed by atoms with Crippen LogP contribution in [0.4, 0.5) is 0 Å². The Labute approximate surface area is 152 Å². The minimum atomic E-state index is -0.172. The van der Waals surface area contributed by atoms with Crippen LogP contribution in [0.2, 0.25) is 0 Å². The summed E-state index contributed by atoms with van der Waals surface area (Å²) in [6.07, 6.45) is 1.80. The van der Waals surface area contributed by atoms with Crippen LogP contribution in [0.15, 0.2) is 57.9 Å². The Morgan fingerprint density at radius 1 is 1.22 bits per heavy atom. The molecule has 0 radical (unpaired) electrons. The smallest absolute Gasteiger partial charge is 0.263 e. The van der Waals surface area contributed by atoms with Crippen LogP contribution >= 0.6 is 39.9 Å². The predicted molar refractivity (Wildman–Crippen MR) is 101 cm³/mol. The molecule has 1 fully saturated rings. The summed E-state index contributed by atoms with van der Waals surface area (Å²) in [7, 11) is 0. The van der Waals surface area contributed by atoms with Crippen molar-refractivity contribution >= 4 is 56.2 Å². The first-order valence-corrected chi connectivity index (χ1v) is 8.85. The lowest BCUT2D eigenvalue weighted by molar-refractivity contribution is -0.115. The molecular formula is C17H12BrNO2S2. The van der Waals surface area contributed by atoms with Gasteiger partial charge in [-0.2, -0.15) is 0 Å². The number of amides is 1. The Balaban J connectivity index is 1.85. The van der Waals surface area contributed by atoms with Gasteiger partial charge in [0.1, 0.15) is 16.7 Å². The van der Waals surface area contributed by atoms with Crippen molar-refractivity contribution in [3.8, 4) is 5.75 Å². The molecule has 0 unspecified atom stereocenters. The second kappa shape index (κ2) is 7.29. The lowest BCUT2D eigenvalue weighted by Gasteiger charge is -2.10. The van der Waals surface area contributed by atoms with Gasteiger partial charge in [-0.05, 0) is 29.8 Å². The van der Waals surface area contributed by atoms with Gasteiger partial charge < -0.3 is 10.1 Å². The van der Waals surface area contributed by atoms with Gasteiger partial charge in [0, 0.05) is 10.0 Å². The third-order valence-electron chi connectivity index (χ3n) is 3.14. The summed E-state index contributed by atoms with van der Waals surface area (Å²) < 4.78 is 7.31. The molecule has 0 aliphatic carbocycles. The van der Waals surface area contributed by atoms with Crippen LogP contribution in [0, 0.1) is 0 Å². The van der Waals surface area contributed by atoms with E-state index in [-0.39, 0.29) is 5.91 Å². The van der Waals surface area contributed by atoms with Crippen molar-refractivity contribution in [1.29, 1.82) is 0 Å². The van der Waals surface area contributed by atoms with Crippen LogP contribution in [0.1, 0.15) is 11.1 Å². The molecule has 2 aromatic rings. The molecule has 1 heterocycles. The van der Waals surface area contributed by atoms with E-state index in [0.717, 1.165) is 21.3 Å². The van der Waals surface area contributed by atoms with Crippen LogP contribution in [-0.2, 0) is 11.4 Å². The first-order valence-electron chi connectivity index (χ1n) is 6.83. The van der Waals surface area contributed by atoms with Gasteiger partial charge in [-0.25, -0.2) is 0 Å². The molecule has 116 valence electrons. The van der Waals surface area contributed by atoms with Crippen molar-refractivity contribution in [2.45, 2.75) is 6.61 Å². The van der Waals surface area contributed by atoms with Gasteiger partial charge in [0.2, 0.25) is 0 Å². The molecule has 1 saturated heterocycles. The van der Waals surface area contributed by atoms with Crippen LogP contribution < -0.4 is 10.1 Å². The number of ether oxygens (including phenoxy) is 1. The molecule has 1 N–H and O–H groups in total. The van der Waals surface area contributed by atoms with E-state index in [1.807, 2.05) is 48.5 Å². The minimum absolute atomic E-state index is 0.172. The van der Waals surface area contributed by atoms with Crippen molar-refractivity contribution in [3.63, 3.8) is 0 Å². The van der Waals surface area contributed by atoms with Crippen molar-refractivity contribution in [2.75, 3.05) is 0 Å². The van der Waals surface area contributed by atoms with Gasteiger partial charge in [-0.15, -0.1) is 0 Å². The highest BCUT2D eigenvalue weighted by molar-refractivity contribution is 9.10. The number of thiocarbonyl (C=S) groups is 1. The zero-order valence-electron chi connectivity index (χ0n) is 11.9. The van der Waals surface area contributed by atoms with E-state index >= 15 is 0 Å². The van der Waals surface area contributed by atoms with E-state index in [9.17, 15) is 4.79 Å². The lowest BCUT2D eigenvalue weighted by Crippen LogP contribution is -2.17. The standard InChI is InChI=1S/C17H12BrNO2S2/c18-13-6-7-14(21-10-11-4-2-1-3-5-11)12(8-13)9-15-16(20)19-17(22)23-15/h1-9H,10H2,(H,19,20,22). The molecule has 0 atom stereocenters. The third kappa shape index (κ3) is 4.22. The molecule has 0 bridgehead atoms. The molecule has 2 aromatic carbocycles. The summed E-state index contributed by atoms with van der Waals surface area (Å²) in [5, 5.41) is 2.61. The van der Waals surface area contributed by atoms with Crippen LogP contribution in [0.25, 0.3) is 6.08 Å². The Kier molecular flexibility index (Phi) is 5.15. The molecule has 3 rings (SSSR count). The molecule has 1 amide bonds. The fraction of sp³-hybridized carbons (Fsp3) is 0.0588. The monoisotopic (exact) mass is 405 g/mol. The predicted octanol–water partition coefficient (Wildman–Crippen LogP) is 4.52. The van der Waals surface area contributed by atoms with E-state index in [0.29, 0.717) is 15.8 Å². The van der Waals surface area contributed by atoms with E-state index < -0.39 is 0 Å². The average molecular weight is 406 g/mol. The zero-order valence-corrected chi connectivity index (χ0v) is 15.1. The second-order valence-electron chi connectivity index (χ2n) is 4.81. The molecule has 1 aliphatic rings. The van der Waals surface area contributed by atoms with Gasteiger partial charge in [0.05, 0.1) is 4.91 Å². The molecule has 23 heavy (non-hydrogen) atoms. The maximum Gasteiger partial charge on any atom is 0.263 e. The number of nitrogens with one attached hydrogen (secondary N) is 1. The molecule has 0 spiro atoms. The fourth-order valence-electron chi connectivity index (χ4n) is 2.06. The largest absolute Gasteiger partial charge is 0.488 e. The lowest BCUT2D eigenvalue weighted by atomic mass is 10.2. The maximum absolute atomic E-state index is 11.8. The summed E-state index contributed by atoms with van der Waals surface area (Å²) in [5.41, 5.74) is 1.92. The van der Waals surface area contributed by atoms with E-state index in [4.69, 9.17) is 17.0 Å². The van der Waals surface area contributed by atoms with Crippen LogP contribution in [-0.4, -0.2) is 10.2 Å². The van der Waals surface area contributed by atoms with Gasteiger partial charge in [0.15, 0.2) is 0 Å². The summed E-state index contributed by atoms with van der Waals surface area (Å²) >= 11 is 9.72. The highest BCUT2D eigenvalue weighted by Gasteiger charge is 2.22. The Bertz CT molecular complexity index is 790. The SMILES string of the molecule is O=C1NC(=S)SC1=Cc1cc(Br)ccc1OCc1ccccc1. The van der Waals surface area contributed by atoms with Crippen molar-refractivity contribution in [3.05, 3.63) is 69.0 Å². The molecule has 0 saturated carbocycles. The molecule has 0 aromatic heterocycles. The van der Waals surface area contributed by atoms with Gasteiger partial charge in [0.25, 0.3) is 5.91 Å². The van der Waals surface area contributed by atoms with Crippen LogP contribution in [0.3, 0.4) is 0 Å². The van der Waals surface area contributed by atoms with Gasteiger partial charge in [-0.3, -0.25) is 4.79 Å². The third-order valence-corrected chi connectivity index (χ3v) is 4.79. The summed E-state index contributed by atoms with van der Waals surface area (Å²) in [4.78, 5) is 12.4. The van der Waals surface area contributed by atoms with Crippen molar-refractivity contribution in [2.24, 2.45) is 0 Å². The second-order valence-corrected chi connectivity index (χ2v) is 7.44. The van der Waals surface area contributed by atoms with Crippen LogP contribution in [0.5, 0.6) is 5.75 Å². The molecule has 1 aliphatic heterocycles. The summed E-state index contributed by atoms with van der Waals surface area (Å²) in [6, 6.07) is 15.7. The number of halogens is 1. The number of hydrogen-bond donors (Lipinski definition) is 1. The number of carbonyl (C=O) groups excluding carboxylic acids is 1. The Hall–Kier alpha value is -1.63. The normalized spacial score (nSPS) is 15.8. The quantitative estimate of drug-likeness (QED) is 0.599. The number of rotatable bonds is 4. The highest BCUT2D eigenvalue weighted by Crippen LogP contribution is 2.31. The van der Waals surface area contributed by atoms with Crippen molar-refractivity contribution < 1.29 is 9.53 Å². The number of hydrogen-bond acceptors (Lipinski definition) is 4. The van der Waals surface area contributed by atoms with Gasteiger partial charge >= 0.3 is 0 Å². The van der Waals surface area contributed by atoms with Gasteiger partial charge in [-0.1, -0.05) is 70.2 Å². The number of thioether (sulfide) groups is 1. The summed E-state index contributed by atoms with van der Waals surface area (Å²) in [6.45, 7) is 0.469. The zero-order chi connectivity index (χ0) is 16.2. The number of benzene rings is 2. The minimum Gasteiger partial charge on any atom is -0.488 e. The number of carbonyl (C=O) groups is 1. The van der Waals surface area contributed by atoms with Crippen molar-refractivity contribution in [1.82, 2.24) is 5.32 Å². The van der Waals surface area contributed by atoms with E-state index in [1.165, 1.54) is 11.8 Å². The highest BCUT2D eigenvalue weighted by atomic mass is 79.9. The van der Waals surface area contributed by atoms with E-state index in [2.05, 4.69) is 21.2 Å². The Morgan fingerprint density at radius 3 is 2.70 bits per heavy atom. The molecular weight excluding hydrogens is 394 g/mol.